The van der Waals surface area contributed by atoms with Crippen molar-refractivity contribution in [2.45, 2.75) is 32.0 Å². The second kappa shape index (κ2) is 10.2. The SMILES string of the molecule is CC(CN(C)Cc1ccccc1)NC(=O)C(N)CC(N)=O.Cl. The molecule has 0 radical (unpaired) electrons. The topological polar surface area (TPSA) is 101 Å². The van der Waals surface area contributed by atoms with E-state index in [4.69, 9.17) is 11.5 Å². The van der Waals surface area contributed by atoms with Gasteiger partial charge < -0.3 is 21.7 Å². The highest BCUT2D eigenvalue weighted by molar-refractivity contribution is 5.87. The van der Waals surface area contributed by atoms with Gasteiger partial charge >= 0.3 is 0 Å². The number of nitrogens with two attached hydrogens (primary N) is 2. The van der Waals surface area contributed by atoms with Gasteiger partial charge in [-0.15, -0.1) is 12.4 Å². The molecule has 5 N–H and O–H groups in total. The van der Waals surface area contributed by atoms with Crippen LogP contribution in [0, 0.1) is 0 Å². The van der Waals surface area contributed by atoms with Gasteiger partial charge in [0, 0.05) is 19.1 Å². The standard InChI is InChI=1S/C15H24N4O2.ClH/c1-11(18-15(21)13(16)8-14(17)20)9-19(2)10-12-6-4-3-5-7-12;/h3-7,11,13H,8-10,16H2,1-2H3,(H2,17,20)(H,18,21);1H. The molecule has 2 atom stereocenters. The molecule has 0 aliphatic carbocycles. The first-order chi connectivity index (χ1) is 9.88. The highest BCUT2D eigenvalue weighted by Gasteiger charge is 2.18. The molecule has 0 aliphatic rings. The van der Waals surface area contributed by atoms with Crippen LogP contribution in [-0.2, 0) is 16.1 Å². The molecular formula is C15H25ClN4O2. The summed E-state index contributed by atoms with van der Waals surface area (Å²) < 4.78 is 0. The zero-order valence-electron chi connectivity index (χ0n) is 13.0. The fraction of sp³-hybridized carbons (Fsp3) is 0.467. The van der Waals surface area contributed by atoms with E-state index >= 15 is 0 Å². The van der Waals surface area contributed by atoms with E-state index in [-0.39, 0.29) is 30.8 Å². The summed E-state index contributed by atoms with van der Waals surface area (Å²) in [7, 11) is 1.99. The summed E-state index contributed by atoms with van der Waals surface area (Å²) in [5.41, 5.74) is 11.8. The summed E-state index contributed by atoms with van der Waals surface area (Å²) in [5.74, 6) is -0.930. The lowest BCUT2D eigenvalue weighted by Gasteiger charge is -2.23. The van der Waals surface area contributed by atoms with Gasteiger partial charge in [-0.1, -0.05) is 30.3 Å². The first-order valence-corrected chi connectivity index (χ1v) is 6.95. The molecule has 1 aromatic carbocycles. The smallest absolute Gasteiger partial charge is 0.237 e. The maximum absolute atomic E-state index is 11.8. The number of benzene rings is 1. The van der Waals surface area contributed by atoms with E-state index in [9.17, 15) is 9.59 Å². The number of carbonyl (C=O) groups is 2. The minimum absolute atomic E-state index is 0. The van der Waals surface area contributed by atoms with E-state index in [0.717, 1.165) is 6.54 Å². The van der Waals surface area contributed by atoms with Gasteiger partial charge in [0.2, 0.25) is 11.8 Å². The van der Waals surface area contributed by atoms with Crippen molar-refractivity contribution in [3.05, 3.63) is 35.9 Å². The Bertz CT molecular complexity index is 470. The van der Waals surface area contributed by atoms with Crippen LogP contribution >= 0.6 is 12.4 Å². The van der Waals surface area contributed by atoms with Gasteiger partial charge in [0.05, 0.1) is 12.5 Å². The lowest BCUT2D eigenvalue weighted by atomic mass is 10.1. The largest absolute Gasteiger partial charge is 0.370 e. The Hall–Kier alpha value is -1.63. The molecule has 0 aliphatic heterocycles. The average molecular weight is 329 g/mol. The maximum Gasteiger partial charge on any atom is 0.237 e. The first kappa shape index (κ1) is 20.4. The van der Waals surface area contributed by atoms with E-state index in [1.807, 2.05) is 32.2 Å². The first-order valence-electron chi connectivity index (χ1n) is 6.95. The van der Waals surface area contributed by atoms with Crippen LogP contribution in [0.25, 0.3) is 0 Å². The van der Waals surface area contributed by atoms with Crippen molar-refractivity contribution in [3.8, 4) is 0 Å². The molecule has 2 unspecified atom stereocenters. The molecule has 0 fully saturated rings. The molecule has 0 bridgehead atoms. The Morgan fingerprint density at radius 2 is 1.86 bits per heavy atom. The van der Waals surface area contributed by atoms with Crippen molar-refractivity contribution < 1.29 is 9.59 Å². The lowest BCUT2D eigenvalue weighted by molar-refractivity contribution is -0.126. The predicted octanol–water partition coefficient (Wildman–Crippen LogP) is 0.248. The normalized spacial score (nSPS) is 13.1. The number of carbonyl (C=O) groups excluding carboxylic acids is 2. The van der Waals surface area contributed by atoms with Crippen LogP contribution < -0.4 is 16.8 Å². The van der Waals surface area contributed by atoms with Crippen LogP contribution in [-0.4, -0.2) is 42.4 Å². The molecule has 7 heteroatoms. The summed E-state index contributed by atoms with van der Waals surface area (Å²) in [6.45, 7) is 3.38. The molecule has 1 rings (SSSR count). The molecule has 0 aromatic heterocycles. The third kappa shape index (κ3) is 7.97. The van der Waals surface area contributed by atoms with Gasteiger partial charge in [0.1, 0.15) is 0 Å². The van der Waals surface area contributed by atoms with Gasteiger partial charge in [-0.05, 0) is 19.5 Å². The highest BCUT2D eigenvalue weighted by Crippen LogP contribution is 2.03. The summed E-state index contributed by atoms with van der Waals surface area (Å²) >= 11 is 0. The molecule has 0 spiro atoms. The third-order valence-corrected chi connectivity index (χ3v) is 3.03. The van der Waals surface area contributed by atoms with E-state index in [0.29, 0.717) is 6.54 Å². The van der Waals surface area contributed by atoms with Gasteiger partial charge in [-0.2, -0.15) is 0 Å². The van der Waals surface area contributed by atoms with Crippen molar-refractivity contribution in [3.63, 3.8) is 0 Å². The molecule has 2 amide bonds. The minimum atomic E-state index is -0.885. The molecule has 22 heavy (non-hydrogen) atoms. The van der Waals surface area contributed by atoms with Gasteiger partial charge in [0.25, 0.3) is 0 Å². The van der Waals surface area contributed by atoms with Gasteiger partial charge in [0.15, 0.2) is 0 Å². The second-order valence-electron chi connectivity index (χ2n) is 5.37. The second-order valence-corrected chi connectivity index (χ2v) is 5.37. The number of hydrogen-bond donors (Lipinski definition) is 3. The Kier molecular flexibility index (Phi) is 9.40. The number of likely N-dealkylation sites (N-methyl/N-ethyl adjacent to an activating group) is 1. The van der Waals surface area contributed by atoms with Crippen molar-refractivity contribution in [2.75, 3.05) is 13.6 Å². The van der Waals surface area contributed by atoms with Crippen LogP contribution in [0.1, 0.15) is 18.9 Å². The Morgan fingerprint density at radius 1 is 1.27 bits per heavy atom. The van der Waals surface area contributed by atoms with Gasteiger partial charge in [-0.3, -0.25) is 9.59 Å². The van der Waals surface area contributed by atoms with E-state index in [2.05, 4.69) is 22.3 Å². The molecule has 0 saturated heterocycles. The van der Waals surface area contributed by atoms with Crippen LogP contribution in [0.4, 0.5) is 0 Å². The quantitative estimate of drug-likeness (QED) is 0.636. The fourth-order valence-corrected chi connectivity index (χ4v) is 2.13. The van der Waals surface area contributed by atoms with Crippen molar-refractivity contribution in [1.82, 2.24) is 10.2 Å². The van der Waals surface area contributed by atoms with E-state index < -0.39 is 11.9 Å². The summed E-state index contributed by atoms with van der Waals surface area (Å²) in [6, 6.07) is 9.14. The number of rotatable bonds is 8. The van der Waals surface area contributed by atoms with Crippen LogP contribution in [0.15, 0.2) is 30.3 Å². The molecule has 6 nitrogen and oxygen atoms in total. The van der Waals surface area contributed by atoms with E-state index in [1.165, 1.54) is 5.56 Å². The van der Waals surface area contributed by atoms with Crippen molar-refractivity contribution >= 4 is 24.2 Å². The van der Waals surface area contributed by atoms with E-state index in [1.54, 1.807) is 0 Å². The highest BCUT2D eigenvalue weighted by atomic mass is 35.5. The molecular weight excluding hydrogens is 304 g/mol. The monoisotopic (exact) mass is 328 g/mol. The van der Waals surface area contributed by atoms with Gasteiger partial charge in [-0.25, -0.2) is 0 Å². The Morgan fingerprint density at radius 3 is 2.41 bits per heavy atom. The molecule has 124 valence electrons. The fourth-order valence-electron chi connectivity index (χ4n) is 2.13. The summed E-state index contributed by atoms with van der Waals surface area (Å²) in [4.78, 5) is 24.6. The Balaban J connectivity index is 0.00000441. The van der Waals surface area contributed by atoms with Crippen LogP contribution in [0.2, 0.25) is 0 Å². The van der Waals surface area contributed by atoms with Crippen molar-refractivity contribution in [2.24, 2.45) is 11.5 Å². The van der Waals surface area contributed by atoms with Crippen molar-refractivity contribution in [1.29, 1.82) is 0 Å². The zero-order chi connectivity index (χ0) is 15.8. The zero-order valence-corrected chi connectivity index (χ0v) is 13.8. The third-order valence-electron chi connectivity index (χ3n) is 3.03. The number of halogens is 1. The molecule has 1 aromatic rings. The number of hydrogen-bond acceptors (Lipinski definition) is 4. The minimum Gasteiger partial charge on any atom is -0.370 e. The predicted molar refractivity (Wildman–Crippen MR) is 89.4 cm³/mol. The maximum atomic E-state index is 11.8. The number of nitrogens with zero attached hydrogens (tertiary/aromatic N) is 1. The number of amides is 2. The summed E-state index contributed by atoms with van der Waals surface area (Å²) in [6.07, 6.45) is -0.140. The lowest BCUT2D eigenvalue weighted by Crippen LogP contribution is -2.48. The summed E-state index contributed by atoms with van der Waals surface area (Å²) in [5, 5.41) is 2.79. The molecule has 0 saturated carbocycles. The Labute approximate surface area is 137 Å². The number of nitrogens with one attached hydrogen (secondary N) is 1. The van der Waals surface area contributed by atoms with Crippen LogP contribution in [0.3, 0.4) is 0 Å². The molecule has 0 heterocycles. The van der Waals surface area contributed by atoms with Crippen LogP contribution in [0.5, 0.6) is 0 Å². The number of primary amides is 1. The average Bonchev–Trinajstić information content (AvgIpc) is 2.38.